The molecule has 2 rings (SSSR count). The first-order valence-corrected chi connectivity index (χ1v) is 5.78. The highest BCUT2D eigenvalue weighted by Crippen LogP contribution is 2.11. The van der Waals surface area contributed by atoms with E-state index in [0.717, 1.165) is 35.9 Å². The molecule has 0 radical (unpaired) electrons. The molecular weight excluding hydrogens is 222 g/mol. The number of halogens is 1. The largest absolute Gasteiger partial charge is 0.335 e. The van der Waals surface area contributed by atoms with Gasteiger partial charge in [0.15, 0.2) is 0 Å². The van der Waals surface area contributed by atoms with Crippen LogP contribution in [0, 0.1) is 0 Å². The van der Waals surface area contributed by atoms with E-state index < -0.39 is 0 Å². The van der Waals surface area contributed by atoms with Crippen molar-refractivity contribution in [3.63, 3.8) is 0 Å². The molecule has 84 valence electrons. The quantitative estimate of drug-likeness (QED) is 0.816. The summed E-state index contributed by atoms with van der Waals surface area (Å²) in [7, 11) is 0. The molecule has 2 heterocycles. The van der Waals surface area contributed by atoms with Gasteiger partial charge >= 0.3 is 0 Å². The second kappa shape index (κ2) is 5.12. The third-order valence-corrected chi connectivity index (χ3v) is 2.62. The lowest BCUT2D eigenvalue weighted by molar-refractivity contribution is 0.645. The highest BCUT2D eigenvalue weighted by atomic mass is 35.5. The molecule has 0 aliphatic heterocycles. The van der Waals surface area contributed by atoms with Crippen LogP contribution in [-0.2, 0) is 13.0 Å². The van der Waals surface area contributed by atoms with Crippen molar-refractivity contribution in [2.75, 3.05) is 0 Å². The lowest BCUT2D eigenvalue weighted by atomic mass is 10.2. The van der Waals surface area contributed by atoms with Gasteiger partial charge in [0.2, 0.25) is 0 Å². The van der Waals surface area contributed by atoms with Gasteiger partial charge in [0.25, 0.3) is 0 Å². The fraction of sp³-hybridized carbons (Fsp3) is 0.333. The first-order chi connectivity index (χ1) is 7.79. The summed E-state index contributed by atoms with van der Waals surface area (Å²) in [6.45, 7) is 3.15. The highest BCUT2D eigenvalue weighted by molar-refractivity contribution is 6.30. The minimum atomic E-state index is 0.721. The van der Waals surface area contributed by atoms with E-state index >= 15 is 0 Å². The minimum Gasteiger partial charge on any atom is -0.335 e. The molecule has 3 nitrogen and oxygen atoms in total. The molecule has 0 unspecified atom stereocenters. The zero-order valence-corrected chi connectivity index (χ0v) is 9.98. The van der Waals surface area contributed by atoms with Gasteiger partial charge in [-0.2, -0.15) is 0 Å². The maximum absolute atomic E-state index is 5.92. The van der Waals surface area contributed by atoms with Crippen LogP contribution in [0.15, 0.2) is 30.7 Å². The molecule has 0 saturated heterocycles. The maximum Gasteiger partial charge on any atom is 0.114 e. The van der Waals surface area contributed by atoms with Gasteiger partial charge in [-0.15, -0.1) is 0 Å². The van der Waals surface area contributed by atoms with Crippen molar-refractivity contribution >= 4 is 11.6 Å². The molecule has 2 aromatic heterocycles. The summed E-state index contributed by atoms with van der Waals surface area (Å²) >= 11 is 5.92. The molecule has 4 heteroatoms. The number of nitrogens with zero attached hydrogens (tertiary/aromatic N) is 3. The Hall–Kier alpha value is -1.35. The first kappa shape index (κ1) is 11.1. The predicted octanol–water partition coefficient (Wildman–Crippen LogP) is 2.93. The molecular formula is C12H14ClN3. The molecule has 0 aliphatic carbocycles. The average Bonchev–Trinajstić information content (AvgIpc) is 2.66. The summed E-state index contributed by atoms with van der Waals surface area (Å²) in [5.74, 6) is 1.04. The van der Waals surface area contributed by atoms with Crippen LogP contribution in [-0.4, -0.2) is 14.5 Å². The van der Waals surface area contributed by atoms with E-state index in [1.165, 1.54) is 0 Å². The van der Waals surface area contributed by atoms with Gasteiger partial charge in [-0.3, -0.25) is 4.98 Å². The summed E-state index contributed by atoms with van der Waals surface area (Å²) in [6, 6.07) is 3.66. The van der Waals surface area contributed by atoms with Crippen molar-refractivity contribution in [2.24, 2.45) is 0 Å². The van der Waals surface area contributed by atoms with Crippen molar-refractivity contribution in [3.05, 3.63) is 47.3 Å². The van der Waals surface area contributed by atoms with E-state index in [0.29, 0.717) is 0 Å². The smallest absolute Gasteiger partial charge is 0.114 e. The van der Waals surface area contributed by atoms with Crippen LogP contribution in [0.1, 0.15) is 24.9 Å². The number of aromatic nitrogens is 3. The molecule has 0 spiro atoms. The Labute approximate surface area is 100 Å². The Bertz CT molecular complexity index is 465. The van der Waals surface area contributed by atoms with Gasteiger partial charge in [0.05, 0.1) is 0 Å². The monoisotopic (exact) mass is 235 g/mol. The molecule has 0 bridgehead atoms. The van der Waals surface area contributed by atoms with Crippen LogP contribution < -0.4 is 0 Å². The number of pyridine rings is 1. The molecule has 16 heavy (non-hydrogen) atoms. The normalized spacial score (nSPS) is 10.6. The Morgan fingerprint density at radius 3 is 2.94 bits per heavy atom. The van der Waals surface area contributed by atoms with Crippen LogP contribution in [0.25, 0.3) is 0 Å². The van der Waals surface area contributed by atoms with Crippen molar-refractivity contribution in [3.8, 4) is 0 Å². The summed E-state index contributed by atoms with van der Waals surface area (Å²) in [5, 5.41) is 0.721. The molecule has 0 aromatic carbocycles. The number of aryl methyl sites for hydroxylation is 1. The lowest BCUT2D eigenvalue weighted by Crippen LogP contribution is -2.04. The summed E-state index contributed by atoms with van der Waals surface area (Å²) in [4.78, 5) is 8.62. The third-order valence-electron chi connectivity index (χ3n) is 2.38. The second-order valence-electron chi connectivity index (χ2n) is 3.68. The van der Waals surface area contributed by atoms with Crippen LogP contribution >= 0.6 is 11.6 Å². The number of hydrogen-bond acceptors (Lipinski definition) is 2. The summed E-state index contributed by atoms with van der Waals surface area (Å²) in [6.07, 6.45) is 7.39. The minimum absolute atomic E-state index is 0.721. The van der Waals surface area contributed by atoms with Crippen molar-refractivity contribution < 1.29 is 0 Å². The van der Waals surface area contributed by atoms with E-state index in [1.807, 2.05) is 18.5 Å². The number of hydrogen-bond donors (Lipinski definition) is 0. The van der Waals surface area contributed by atoms with Crippen molar-refractivity contribution in [2.45, 2.75) is 26.3 Å². The standard InChI is InChI=1S/C12H14ClN3/c1-2-6-16-7-5-15-12(16)9-11-8-10(13)3-4-14-11/h3-5,7-8H,2,6,9H2,1H3. The van der Waals surface area contributed by atoms with Crippen LogP contribution in [0.5, 0.6) is 0 Å². The van der Waals surface area contributed by atoms with Crippen LogP contribution in [0.4, 0.5) is 0 Å². The highest BCUT2D eigenvalue weighted by Gasteiger charge is 2.04. The molecule has 0 atom stereocenters. The van der Waals surface area contributed by atoms with Gasteiger partial charge in [0.1, 0.15) is 5.82 Å². The Balaban J connectivity index is 2.17. The van der Waals surface area contributed by atoms with E-state index in [1.54, 1.807) is 12.3 Å². The SMILES string of the molecule is CCCn1ccnc1Cc1cc(Cl)ccn1. The topological polar surface area (TPSA) is 30.7 Å². The Kier molecular flexibility index (Phi) is 3.57. The fourth-order valence-electron chi connectivity index (χ4n) is 1.66. The van der Waals surface area contributed by atoms with E-state index in [9.17, 15) is 0 Å². The van der Waals surface area contributed by atoms with Gasteiger partial charge in [-0.05, 0) is 18.6 Å². The van der Waals surface area contributed by atoms with E-state index in [2.05, 4.69) is 21.5 Å². The van der Waals surface area contributed by atoms with Crippen LogP contribution in [0.2, 0.25) is 5.02 Å². The fourth-order valence-corrected chi connectivity index (χ4v) is 1.84. The average molecular weight is 236 g/mol. The van der Waals surface area contributed by atoms with E-state index in [4.69, 9.17) is 11.6 Å². The predicted molar refractivity (Wildman–Crippen MR) is 64.6 cm³/mol. The van der Waals surface area contributed by atoms with Gasteiger partial charge < -0.3 is 4.57 Å². The third kappa shape index (κ3) is 2.61. The van der Waals surface area contributed by atoms with Crippen molar-refractivity contribution in [1.29, 1.82) is 0 Å². The summed E-state index contributed by atoms with van der Waals surface area (Å²) in [5.41, 5.74) is 0.955. The maximum atomic E-state index is 5.92. The molecule has 0 fully saturated rings. The molecule has 0 amide bonds. The van der Waals surface area contributed by atoms with Gasteiger partial charge in [-0.25, -0.2) is 4.98 Å². The lowest BCUT2D eigenvalue weighted by Gasteiger charge is -2.05. The zero-order chi connectivity index (χ0) is 11.4. The summed E-state index contributed by atoms with van der Waals surface area (Å²) < 4.78 is 2.16. The number of imidazole rings is 1. The molecule has 2 aromatic rings. The van der Waals surface area contributed by atoms with Gasteiger partial charge in [-0.1, -0.05) is 18.5 Å². The van der Waals surface area contributed by atoms with Crippen LogP contribution in [0.3, 0.4) is 0 Å². The zero-order valence-electron chi connectivity index (χ0n) is 9.23. The molecule has 0 aliphatic rings. The van der Waals surface area contributed by atoms with E-state index in [-0.39, 0.29) is 0 Å². The Morgan fingerprint density at radius 2 is 2.19 bits per heavy atom. The van der Waals surface area contributed by atoms with Gasteiger partial charge in [0, 0.05) is 42.3 Å². The van der Waals surface area contributed by atoms with Crippen molar-refractivity contribution in [1.82, 2.24) is 14.5 Å². The molecule has 0 saturated carbocycles. The second-order valence-corrected chi connectivity index (χ2v) is 4.12. The first-order valence-electron chi connectivity index (χ1n) is 5.40. The molecule has 0 N–H and O–H groups in total. The number of rotatable bonds is 4. The Morgan fingerprint density at radius 1 is 1.31 bits per heavy atom.